The molecular weight excluding hydrogens is 388 g/mol. The Morgan fingerprint density at radius 3 is 1.31 bits per heavy atom. The quantitative estimate of drug-likeness (QED) is 0.316. The number of hydrogen-bond donors (Lipinski definition) is 0. The van der Waals surface area contributed by atoms with Gasteiger partial charge in [-0.2, -0.15) is 10.0 Å². The molecule has 0 unspecified atom stereocenters. The standard InChI is InChI=1S/C27H26S2/c1-21-9-15-25(16-10-21)29(3,26-17-11-22(2)12-18-26)27-19-13-24(14-20-27)28-23-7-5-4-6-8-23/h4-20H,1-3H3. The Morgan fingerprint density at radius 2 is 0.862 bits per heavy atom. The van der Waals surface area contributed by atoms with Crippen LogP contribution in [-0.2, 0) is 0 Å². The van der Waals surface area contributed by atoms with Crippen LogP contribution in [0.1, 0.15) is 11.1 Å². The predicted molar refractivity (Wildman–Crippen MR) is 128 cm³/mol. The summed E-state index contributed by atoms with van der Waals surface area (Å²) in [7, 11) is -1.31. The molecule has 29 heavy (non-hydrogen) atoms. The van der Waals surface area contributed by atoms with Gasteiger partial charge in [0.2, 0.25) is 0 Å². The van der Waals surface area contributed by atoms with Gasteiger partial charge in [0.25, 0.3) is 0 Å². The molecule has 0 aliphatic rings. The minimum Gasteiger partial charge on any atom is -0.163 e. The van der Waals surface area contributed by atoms with Crippen molar-refractivity contribution in [2.45, 2.75) is 38.3 Å². The highest BCUT2D eigenvalue weighted by molar-refractivity contribution is 8.33. The highest BCUT2D eigenvalue weighted by atomic mass is 32.3. The molecule has 0 amide bonds. The normalized spacial score (nSPS) is 12.0. The van der Waals surface area contributed by atoms with Crippen LogP contribution in [-0.4, -0.2) is 6.26 Å². The lowest BCUT2D eigenvalue weighted by molar-refractivity contribution is 1.25. The van der Waals surface area contributed by atoms with Gasteiger partial charge in [-0.1, -0.05) is 65.4 Å². The fourth-order valence-electron chi connectivity index (χ4n) is 3.43. The number of hydrogen-bond acceptors (Lipinski definition) is 1. The van der Waals surface area contributed by atoms with Crippen molar-refractivity contribution < 1.29 is 0 Å². The summed E-state index contributed by atoms with van der Waals surface area (Å²) in [6, 6.07) is 37.9. The first kappa shape index (κ1) is 19.9. The van der Waals surface area contributed by atoms with Gasteiger partial charge in [0.05, 0.1) is 0 Å². The Balaban J connectivity index is 1.75. The molecule has 4 aromatic rings. The molecule has 0 bridgehead atoms. The van der Waals surface area contributed by atoms with Gasteiger partial charge in [0.1, 0.15) is 0 Å². The molecule has 2 heteroatoms. The summed E-state index contributed by atoms with van der Waals surface area (Å²) < 4.78 is 0. The third kappa shape index (κ3) is 4.29. The first-order valence-electron chi connectivity index (χ1n) is 9.80. The fourth-order valence-corrected chi connectivity index (χ4v) is 7.13. The lowest BCUT2D eigenvalue weighted by Crippen LogP contribution is -2.02. The zero-order valence-corrected chi connectivity index (χ0v) is 18.8. The minimum atomic E-state index is -1.31. The topological polar surface area (TPSA) is 0 Å². The molecule has 0 aliphatic heterocycles. The van der Waals surface area contributed by atoms with Crippen LogP contribution in [0.25, 0.3) is 0 Å². The third-order valence-corrected chi connectivity index (χ3v) is 9.92. The van der Waals surface area contributed by atoms with Gasteiger partial charge in [-0.3, -0.25) is 0 Å². The van der Waals surface area contributed by atoms with Crippen LogP contribution in [0.3, 0.4) is 0 Å². The van der Waals surface area contributed by atoms with Gasteiger partial charge in [0.15, 0.2) is 0 Å². The van der Waals surface area contributed by atoms with Crippen molar-refractivity contribution in [1.82, 2.24) is 0 Å². The van der Waals surface area contributed by atoms with Crippen molar-refractivity contribution in [2.75, 3.05) is 6.26 Å². The summed E-state index contributed by atoms with van der Waals surface area (Å²) in [6.45, 7) is 4.30. The molecule has 0 spiro atoms. The average Bonchev–Trinajstić information content (AvgIpc) is 2.75. The van der Waals surface area contributed by atoms with E-state index in [0.717, 1.165) is 0 Å². The van der Waals surface area contributed by atoms with Crippen LogP contribution in [0.5, 0.6) is 0 Å². The summed E-state index contributed by atoms with van der Waals surface area (Å²) in [5.41, 5.74) is 2.60. The van der Waals surface area contributed by atoms with Crippen molar-refractivity contribution in [3.8, 4) is 0 Å². The van der Waals surface area contributed by atoms with E-state index in [2.05, 4.69) is 123 Å². The van der Waals surface area contributed by atoms with E-state index in [-0.39, 0.29) is 0 Å². The van der Waals surface area contributed by atoms with Gasteiger partial charge < -0.3 is 0 Å². The molecule has 0 fully saturated rings. The largest absolute Gasteiger partial charge is 0.163 e. The van der Waals surface area contributed by atoms with Gasteiger partial charge in [-0.25, -0.2) is 0 Å². The molecule has 0 radical (unpaired) electrons. The molecular formula is C27H26S2. The Bertz CT molecular complexity index is 1020. The van der Waals surface area contributed by atoms with Crippen LogP contribution in [0.15, 0.2) is 128 Å². The molecule has 0 heterocycles. The zero-order chi connectivity index (χ0) is 20.3. The maximum atomic E-state index is 2.42. The Morgan fingerprint density at radius 1 is 0.483 bits per heavy atom. The molecule has 0 aromatic heterocycles. The van der Waals surface area contributed by atoms with Crippen molar-refractivity contribution in [3.63, 3.8) is 0 Å². The highest BCUT2D eigenvalue weighted by Crippen LogP contribution is 2.65. The Hall–Kier alpha value is -2.42. The van der Waals surface area contributed by atoms with E-state index in [1.165, 1.54) is 35.6 Å². The lowest BCUT2D eigenvalue weighted by Gasteiger charge is -2.38. The first-order valence-corrected chi connectivity index (χ1v) is 12.7. The molecule has 0 atom stereocenters. The number of benzene rings is 4. The molecule has 4 rings (SSSR count). The smallest absolute Gasteiger partial charge is 0.0123 e. The van der Waals surface area contributed by atoms with Crippen molar-refractivity contribution in [2.24, 2.45) is 0 Å². The van der Waals surface area contributed by atoms with E-state index < -0.39 is 10.0 Å². The second kappa shape index (κ2) is 8.52. The average molecular weight is 415 g/mol. The first-order chi connectivity index (χ1) is 14.1. The molecule has 0 saturated carbocycles. The van der Waals surface area contributed by atoms with Gasteiger partial charge in [-0.15, -0.1) is 0 Å². The van der Waals surface area contributed by atoms with Crippen LogP contribution < -0.4 is 0 Å². The van der Waals surface area contributed by atoms with E-state index in [1.807, 2.05) is 11.8 Å². The summed E-state index contributed by atoms with van der Waals surface area (Å²) in [5.74, 6) is 0. The monoisotopic (exact) mass is 414 g/mol. The maximum Gasteiger partial charge on any atom is 0.0123 e. The van der Waals surface area contributed by atoms with Gasteiger partial charge >= 0.3 is 0 Å². The van der Waals surface area contributed by atoms with E-state index in [4.69, 9.17) is 0 Å². The third-order valence-electron chi connectivity index (χ3n) is 5.26. The van der Waals surface area contributed by atoms with Crippen LogP contribution in [0.2, 0.25) is 0 Å². The highest BCUT2D eigenvalue weighted by Gasteiger charge is 2.25. The molecule has 0 saturated heterocycles. The Kier molecular flexibility index (Phi) is 5.84. The molecule has 146 valence electrons. The van der Waals surface area contributed by atoms with Crippen LogP contribution in [0.4, 0.5) is 0 Å². The fraction of sp³-hybridized carbons (Fsp3) is 0.111. The second-order valence-corrected chi connectivity index (χ2v) is 11.8. The SMILES string of the molecule is Cc1ccc(S(C)(c2ccc(C)cc2)c2ccc(Sc3ccccc3)cc2)cc1. The number of rotatable bonds is 5. The summed E-state index contributed by atoms with van der Waals surface area (Å²) in [4.78, 5) is 6.73. The van der Waals surface area contributed by atoms with E-state index in [9.17, 15) is 0 Å². The van der Waals surface area contributed by atoms with Gasteiger partial charge in [0, 0.05) is 9.79 Å². The molecule has 0 nitrogen and oxygen atoms in total. The predicted octanol–water partition coefficient (Wildman–Crippen LogP) is 8.37. The van der Waals surface area contributed by atoms with Crippen molar-refractivity contribution in [1.29, 1.82) is 0 Å². The minimum absolute atomic E-state index is 1.27. The molecule has 0 aliphatic carbocycles. The summed E-state index contributed by atoms with van der Waals surface area (Å²) in [6.07, 6.45) is 2.42. The lowest BCUT2D eigenvalue weighted by atomic mass is 10.2. The van der Waals surface area contributed by atoms with Crippen molar-refractivity contribution in [3.05, 3.63) is 114 Å². The molecule has 0 N–H and O–H groups in total. The van der Waals surface area contributed by atoms with Gasteiger partial charge in [-0.05, 0) is 95.5 Å². The number of aryl methyl sites for hydroxylation is 2. The second-order valence-electron chi connectivity index (χ2n) is 7.43. The van der Waals surface area contributed by atoms with Crippen LogP contribution in [0, 0.1) is 13.8 Å². The van der Waals surface area contributed by atoms with E-state index in [0.29, 0.717) is 0 Å². The summed E-state index contributed by atoms with van der Waals surface area (Å²) in [5, 5.41) is 0. The Labute approximate surface area is 180 Å². The van der Waals surface area contributed by atoms with E-state index in [1.54, 1.807) is 0 Å². The van der Waals surface area contributed by atoms with E-state index >= 15 is 0 Å². The van der Waals surface area contributed by atoms with Crippen molar-refractivity contribution >= 4 is 21.8 Å². The molecule has 4 aromatic carbocycles. The maximum absolute atomic E-state index is 2.42. The summed E-state index contributed by atoms with van der Waals surface area (Å²) >= 11 is 1.81. The van der Waals surface area contributed by atoms with Crippen LogP contribution >= 0.6 is 21.8 Å². The zero-order valence-electron chi connectivity index (χ0n) is 17.1.